The van der Waals surface area contributed by atoms with Crippen molar-refractivity contribution >= 4 is 0 Å². The lowest BCUT2D eigenvalue weighted by atomic mass is 10.1. The Morgan fingerprint density at radius 3 is 3.11 bits per heavy atom. The van der Waals surface area contributed by atoms with Crippen LogP contribution in [-0.4, -0.2) is 10.3 Å². The third kappa shape index (κ3) is 2.11. The van der Waals surface area contributed by atoms with Gasteiger partial charge in [0.15, 0.2) is 5.76 Å². The van der Waals surface area contributed by atoms with Crippen LogP contribution in [0, 0.1) is 6.92 Å². The van der Waals surface area contributed by atoms with E-state index in [0.717, 1.165) is 29.8 Å². The molecule has 0 saturated heterocycles. The molecule has 1 atom stereocenters. The van der Waals surface area contributed by atoms with Gasteiger partial charge in [0.2, 0.25) is 0 Å². The zero-order chi connectivity index (χ0) is 12.5. The summed E-state index contributed by atoms with van der Waals surface area (Å²) >= 11 is 0. The molecule has 0 amide bonds. The van der Waals surface area contributed by atoms with E-state index in [0.29, 0.717) is 12.4 Å². The van der Waals surface area contributed by atoms with Crippen LogP contribution in [0.15, 0.2) is 28.8 Å². The van der Waals surface area contributed by atoms with Crippen LogP contribution >= 0.6 is 0 Å². The van der Waals surface area contributed by atoms with Gasteiger partial charge in [-0.3, -0.25) is 0 Å². The van der Waals surface area contributed by atoms with Crippen LogP contribution in [0.25, 0.3) is 0 Å². The predicted octanol–water partition coefficient (Wildman–Crippen LogP) is 2.54. The van der Waals surface area contributed by atoms with E-state index >= 15 is 0 Å². The summed E-state index contributed by atoms with van der Waals surface area (Å²) in [6, 6.07) is 7.68. The fourth-order valence-corrected chi connectivity index (χ4v) is 2.30. The monoisotopic (exact) mass is 245 g/mol. The maximum Gasteiger partial charge on any atom is 0.174 e. The molecule has 1 heterocycles. The number of aromatic nitrogens is 1. The minimum Gasteiger partial charge on any atom is -0.486 e. The molecule has 0 unspecified atom stereocenters. The normalized spacial score (nSPS) is 17.8. The second-order valence-corrected chi connectivity index (χ2v) is 4.64. The third-order valence-electron chi connectivity index (χ3n) is 3.22. The van der Waals surface area contributed by atoms with Gasteiger partial charge in [-0.25, -0.2) is 0 Å². The lowest BCUT2D eigenvalue weighted by molar-refractivity contribution is 0.180. The number of hydrogen-bond donors (Lipinski definition) is 1. The number of aliphatic hydroxyl groups excluding tert-OH is 1. The smallest absolute Gasteiger partial charge is 0.174 e. The van der Waals surface area contributed by atoms with Crippen LogP contribution in [0.1, 0.15) is 35.1 Å². The van der Waals surface area contributed by atoms with Gasteiger partial charge in [-0.2, -0.15) is 0 Å². The number of aryl methyl sites for hydroxylation is 2. The van der Waals surface area contributed by atoms with Crippen molar-refractivity contribution in [3.05, 3.63) is 46.8 Å². The molecule has 4 nitrogen and oxygen atoms in total. The number of rotatable bonds is 3. The van der Waals surface area contributed by atoms with E-state index in [4.69, 9.17) is 9.26 Å². The summed E-state index contributed by atoms with van der Waals surface area (Å²) in [5.74, 6) is 1.52. The van der Waals surface area contributed by atoms with Gasteiger partial charge in [-0.05, 0) is 43.0 Å². The lowest BCUT2D eigenvalue weighted by Gasteiger charge is -2.07. The molecule has 0 fully saturated rings. The standard InChI is InChI=1S/C14H15NO3/c1-9-6-12(18-15-9)8-17-11-3-4-13-10(7-11)2-5-14(13)16/h3-4,6-7,14,16H,2,5,8H2,1H3/t14-/m0/s1. The summed E-state index contributed by atoms with van der Waals surface area (Å²) in [6.07, 6.45) is 1.40. The Morgan fingerprint density at radius 2 is 2.33 bits per heavy atom. The van der Waals surface area contributed by atoms with Gasteiger partial charge in [-0.15, -0.1) is 0 Å². The SMILES string of the molecule is Cc1cc(COc2ccc3c(c2)CC[C@@H]3O)on1. The number of benzene rings is 1. The second kappa shape index (κ2) is 4.46. The number of nitrogens with zero attached hydrogens (tertiary/aromatic N) is 1. The van der Waals surface area contributed by atoms with Gasteiger partial charge in [0, 0.05) is 6.07 Å². The Hall–Kier alpha value is -1.81. The zero-order valence-corrected chi connectivity index (χ0v) is 10.2. The van der Waals surface area contributed by atoms with Crippen molar-refractivity contribution in [2.24, 2.45) is 0 Å². The highest BCUT2D eigenvalue weighted by atomic mass is 16.5. The average Bonchev–Trinajstić information content (AvgIpc) is 2.94. The molecule has 4 heteroatoms. The van der Waals surface area contributed by atoms with Gasteiger partial charge < -0.3 is 14.4 Å². The van der Waals surface area contributed by atoms with Crippen LogP contribution in [0.3, 0.4) is 0 Å². The van der Waals surface area contributed by atoms with Gasteiger partial charge in [-0.1, -0.05) is 11.2 Å². The van der Waals surface area contributed by atoms with Crippen LogP contribution < -0.4 is 4.74 Å². The Morgan fingerprint density at radius 1 is 1.44 bits per heavy atom. The minimum absolute atomic E-state index is 0.314. The molecular weight excluding hydrogens is 230 g/mol. The Bertz CT molecular complexity index is 562. The molecule has 94 valence electrons. The maximum atomic E-state index is 9.72. The molecule has 2 aromatic rings. The van der Waals surface area contributed by atoms with Crippen molar-refractivity contribution in [1.29, 1.82) is 0 Å². The highest BCUT2D eigenvalue weighted by Gasteiger charge is 2.20. The first-order valence-electron chi connectivity index (χ1n) is 6.08. The van der Waals surface area contributed by atoms with E-state index in [2.05, 4.69) is 5.16 Å². The number of aliphatic hydroxyl groups is 1. The van der Waals surface area contributed by atoms with Crippen molar-refractivity contribution in [3.63, 3.8) is 0 Å². The fourth-order valence-electron chi connectivity index (χ4n) is 2.30. The molecule has 3 rings (SSSR count). The molecule has 0 bridgehead atoms. The number of ether oxygens (including phenoxy) is 1. The van der Waals surface area contributed by atoms with Crippen LogP contribution in [0.4, 0.5) is 0 Å². The number of fused-ring (bicyclic) bond motifs is 1. The lowest BCUT2D eigenvalue weighted by Crippen LogP contribution is -1.95. The molecule has 1 aliphatic rings. The van der Waals surface area contributed by atoms with E-state index in [1.165, 1.54) is 5.56 Å². The summed E-state index contributed by atoms with van der Waals surface area (Å²) < 4.78 is 10.7. The van der Waals surface area contributed by atoms with Crippen LogP contribution in [-0.2, 0) is 13.0 Å². The van der Waals surface area contributed by atoms with Crippen molar-refractivity contribution in [3.8, 4) is 5.75 Å². The van der Waals surface area contributed by atoms with E-state index in [9.17, 15) is 5.11 Å². The highest BCUT2D eigenvalue weighted by Crippen LogP contribution is 2.33. The first kappa shape index (κ1) is 11.3. The van der Waals surface area contributed by atoms with Crippen molar-refractivity contribution in [2.75, 3.05) is 0 Å². The molecule has 1 N–H and O–H groups in total. The Balaban J connectivity index is 1.70. The molecule has 0 radical (unpaired) electrons. The van der Waals surface area contributed by atoms with E-state index in [1.807, 2.05) is 31.2 Å². The largest absolute Gasteiger partial charge is 0.486 e. The first-order valence-corrected chi connectivity index (χ1v) is 6.08. The molecule has 0 saturated carbocycles. The topological polar surface area (TPSA) is 55.5 Å². The third-order valence-corrected chi connectivity index (χ3v) is 3.22. The van der Waals surface area contributed by atoms with Gasteiger partial charge in [0.05, 0.1) is 11.8 Å². The molecular formula is C14H15NO3. The van der Waals surface area contributed by atoms with Crippen molar-refractivity contribution in [2.45, 2.75) is 32.5 Å². The predicted molar refractivity (Wildman–Crippen MR) is 65.3 cm³/mol. The van der Waals surface area contributed by atoms with E-state index in [-0.39, 0.29) is 6.10 Å². The molecule has 1 aromatic carbocycles. The van der Waals surface area contributed by atoms with Gasteiger partial charge in [0.1, 0.15) is 12.4 Å². The Kier molecular flexibility index (Phi) is 2.80. The molecule has 0 aliphatic heterocycles. The summed E-state index contributed by atoms with van der Waals surface area (Å²) in [6.45, 7) is 2.26. The average molecular weight is 245 g/mol. The van der Waals surface area contributed by atoms with Crippen LogP contribution in [0.5, 0.6) is 5.75 Å². The minimum atomic E-state index is -0.314. The summed E-state index contributed by atoms with van der Waals surface area (Å²) in [7, 11) is 0. The molecule has 1 aliphatic carbocycles. The summed E-state index contributed by atoms with van der Waals surface area (Å²) in [4.78, 5) is 0. The molecule has 1 aromatic heterocycles. The van der Waals surface area contributed by atoms with E-state index < -0.39 is 0 Å². The van der Waals surface area contributed by atoms with Crippen LogP contribution in [0.2, 0.25) is 0 Å². The highest BCUT2D eigenvalue weighted by molar-refractivity contribution is 5.39. The second-order valence-electron chi connectivity index (χ2n) is 4.64. The molecule has 18 heavy (non-hydrogen) atoms. The Labute approximate surface area is 105 Å². The maximum absolute atomic E-state index is 9.72. The van der Waals surface area contributed by atoms with E-state index in [1.54, 1.807) is 0 Å². The van der Waals surface area contributed by atoms with Crippen molar-refractivity contribution < 1.29 is 14.4 Å². The van der Waals surface area contributed by atoms with Gasteiger partial charge >= 0.3 is 0 Å². The fraction of sp³-hybridized carbons (Fsp3) is 0.357. The summed E-state index contributed by atoms with van der Waals surface area (Å²) in [5, 5.41) is 13.5. The quantitative estimate of drug-likeness (QED) is 0.902. The summed E-state index contributed by atoms with van der Waals surface area (Å²) in [5.41, 5.74) is 3.05. The first-order chi connectivity index (χ1) is 8.72. The zero-order valence-electron chi connectivity index (χ0n) is 10.2. The number of hydrogen-bond acceptors (Lipinski definition) is 4. The van der Waals surface area contributed by atoms with Crippen molar-refractivity contribution in [1.82, 2.24) is 5.16 Å². The molecule has 0 spiro atoms. The van der Waals surface area contributed by atoms with Gasteiger partial charge in [0.25, 0.3) is 0 Å².